The molecule has 0 aliphatic heterocycles. The monoisotopic (exact) mass is 252 g/mol. The standard InChI is InChI=1S/C15H28N2O/c1-11-5-7-12(8-6-11)10-17-15(18)13-3-2-4-14(16)9-13/h11-14H,2-10,16H2,1H3,(H,17,18). The second kappa shape index (κ2) is 6.55. The van der Waals surface area contributed by atoms with Gasteiger partial charge in [-0.15, -0.1) is 0 Å². The van der Waals surface area contributed by atoms with Crippen LogP contribution in [0.2, 0.25) is 0 Å². The molecule has 1 amide bonds. The van der Waals surface area contributed by atoms with Crippen LogP contribution in [0.25, 0.3) is 0 Å². The van der Waals surface area contributed by atoms with E-state index in [0.29, 0.717) is 5.92 Å². The molecule has 0 saturated heterocycles. The average Bonchev–Trinajstić information content (AvgIpc) is 2.38. The second-order valence-corrected chi connectivity index (χ2v) is 6.49. The van der Waals surface area contributed by atoms with Crippen LogP contribution in [0.4, 0.5) is 0 Å². The van der Waals surface area contributed by atoms with Crippen molar-refractivity contribution < 1.29 is 4.79 Å². The fourth-order valence-corrected chi connectivity index (χ4v) is 3.39. The third kappa shape index (κ3) is 3.98. The number of amides is 1. The highest BCUT2D eigenvalue weighted by molar-refractivity contribution is 5.78. The molecule has 2 saturated carbocycles. The number of rotatable bonds is 3. The summed E-state index contributed by atoms with van der Waals surface area (Å²) in [6.07, 6.45) is 9.33. The molecule has 3 nitrogen and oxygen atoms in total. The lowest BCUT2D eigenvalue weighted by Gasteiger charge is -2.29. The maximum absolute atomic E-state index is 12.1. The molecule has 2 unspecified atom stereocenters. The molecule has 18 heavy (non-hydrogen) atoms. The van der Waals surface area contributed by atoms with E-state index in [1.807, 2.05) is 0 Å². The molecular formula is C15H28N2O. The van der Waals surface area contributed by atoms with Crippen molar-refractivity contribution in [3.8, 4) is 0 Å². The van der Waals surface area contributed by atoms with E-state index in [4.69, 9.17) is 5.73 Å². The minimum absolute atomic E-state index is 0.177. The van der Waals surface area contributed by atoms with Crippen molar-refractivity contribution in [1.29, 1.82) is 0 Å². The van der Waals surface area contributed by atoms with Gasteiger partial charge in [-0.2, -0.15) is 0 Å². The molecule has 0 aromatic heterocycles. The first kappa shape index (κ1) is 13.9. The maximum Gasteiger partial charge on any atom is 0.223 e. The van der Waals surface area contributed by atoms with E-state index in [1.165, 1.54) is 25.7 Å². The van der Waals surface area contributed by atoms with E-state index < -0.39 is 0 Å². The average molecular weight is 252 g/mol. The first-order valence-electron chi connectivity index (χ1n) is 7.68. The van der Waals surface area contributed by atoms with Gasteiger partial charge in [0.2, 0.25) is 5.91 Å². The Morgan fingerprint density at radius 2 is 1.89 bits per heavy atom. The molecule has 2 fully saturated rings. The Labute approximate surface area is 111 Å². The molecule has 0 radical (unpaired) electrons. The van der Waals surface area contributed by atoms with Crippen LogP contribution in [0.15, 0.2) is 0 Å². The zero-order valence-corrected chi connectivity index (χ0v) is 11.7. The molecule has 2 aliphatic carbocycles. The molecule has 104 valence electrons. The highest BCUT2D eigenvalue weighted by Crippen LogP contribution is 2.28. The number of hydrogen-bond acceptors (Lipinski definition) is 2. The van der Waals surface area contributed by atoms with Crippen molar-refractivity contribution in [2.24, 2.45) is 23.5 Å². The predicted octanol–water partition coefficient (Wildman–Crippen LogP) is 2.45. The van der Waals surface area contributed by atoms with Crippen LogP contribution in [0, 0.1) is 17.8 Å². The van der Waals surface area contributed by atoms with Crippen LogP contribution in [-0.2, 0) is 4.79 Å². The molecule has 0 aromatic rings. The topological polar surface area (TPSA) is 55.1 Å². The van der Waals surface area contributed by atoms with Crippen LogP contribution in [-0.4, -0.2) is 18.5 Å². The van der Waals surface area contributed by atoms with Gasteiger partial charge in [0.25, 0.3) is 0 Å². The van der Waals surface area contributed by atoms with Crippen LogP contribution >= 0.6 is 0 Å². The Kier molecular flexibility index (Phi) is 5.04. The Morgan fingerprint density at radius 1 is 1.17 bits per heavy atom. The molecule has 0 bridgehead atoms. The fraction of sp³-hybridized carbons (Fsp3) is 0.933. The summed E-state index contributed by atoms with van der Waals surface area (Å²) in [5, 5.41) is 3.16. The fourth-order valence-electron chi connectivity index (χ4n) is 3.39. The molecule has 0 heterocycles. The van der Waals surface area contributed by atoms with Crippen molar-refractivity contribution in [2.45, 2.75) is 64.3 Å². The van der Waals surface area contributed by atoms with Crippen molar-refractivity contribution >= 4 is 5.91 Å². The van der Waals surface area contributed by atoms with Gasteiger partial charge in [0.15, 0.2) is 0 Å². The maximum atomic E-state index is 12.1. The Bertz CT molecular complexity index is 272. The van der Waals surface area contributed by atoms with Crippen LogP contribution < -0.4 is 11.1 Å². The van der Waals surface area contributed by atoms with E-state index in [9.17, 15) is 4.79 Å². The first-order valence-corrected chi connectivity index (χ1v) is 7.68. The molecule has 2 aliphatic rings. The van der Waals surface area contributed by atoms with Gasteiger partial charge in [-0.3, -0.25) is 4.79 Å². The normalized spacial score (nSPS) is 37.2. The summed E-state index contributed by atoms with van der Waals surface area (Å²) in [5.74, 6) is 2.02. The molecule has 3 heteroatoms. The lowest BCUT2D eigenvalue weighted by molar-refractivity contribution is -0.126. The predicted molar refractivity (Wildman–Crippen MR) is 74.1 cm³/mol. The number of nitrogens with one attached hydrogen (secondary N) is 1. The van der Waals surface area contributed by atoms with Crippen LogP contribution in [0.1, 0.15) is 58.3 Å². The van der Waals surface area contributed by atoms with E-state index in [0.717, 1.165) is 38.1 Å². The summed E-state index contributed by atoms with van der Waals surface area (Å²) >= 11 is 0. The second-order valence-electron chi connectivity index (χ2n) is 6.49. The summed E-state index contributed by atoms with van der Waals surface area (Å²) in [6.45, 7) is 3.22. The first-order chi connectivity index (χ1) is 8.65. The van der Waals surface area contributed by atoms with E-state index in [-0.39, 0.29) is 17.9 Å². The van der Waals surface area contributed by atoms with Crippen molar-refractivity contribution in [2.75, 3.05) is 6.54 Å². The smallest absolute Gasteiger partial charge is 0.223 e. The summed E-state index contributed by atoms with van der Waals surface area (Å²) in [4.78, 5) is 12.1. The molecule has 2 atom stereocenters. The van der Waals surface area contributed by atoms with Crippen molar-refractivity contribution in [3.05, 3.63) is 0 Å². The van der Waals surface area contributed by atoms with Gasteiger partial charge in [0.1, 0.15) is 0 Å². The third-order valence-electron chi connectivity index (χ3n) is 4.79. The molecular weight excluding hydrogens is 224 g/mol. The molecule has 3 N–H and O–H groups in total. The summed E-state index contributed by atoms with van der Waals surface area (Å²) in [7, 11) is 0. The third-order valence-corrected chi connectivity index (χ3v) is 4.79. The molecule has 2 rings (SSSR count). The van der Waals surface area contributed by atoms with Gasteiger partial charge in [-0.25, -0.2) is 0 Å². The summed E-state index contributed by atoms with van der Waals surface area (Å²) in [5.41, 5.74) is 5.94. The minimum atomic E-state index is 0.177. The lowest BCUT2D eigenvalue weighted by atomic mass is 9.82. The van der Waals surface area contributed by atoms with Crippen LogP contribution in [0.5, 0.6) is 0 Å². The van der Waals surface area contributed by atoms with Gasteiger partial charge in [-0.1, -0.05) is 26.2 Å². The Hall–Kier alpha value is -0.570. The Balaban J connectivity index is 1.68. The zero-order chi connectivity index (χ0) is 13.0. The van der Waals surface area contributed by atoms with E-state index in [1.54, 1.807) is 0 Å². The van der Waals surface area contributed by atoms with Crippen molar-refractivity contribution in [1.82, 2.24) is 5.32 Å². The summed E-state index contributed by atoms with van der Waals surface area (Å²) < 4.78 is 0. The largest absolute Gasteiger partial charge is 0.356 e. The SMILES string of the molecule is CC1CCC(CNC(=O)C2CCCC(N)C2)CC1. The minimum Gasteiger partial charge on any atom is -0.356 e. The van der Waals surface area contributed by atoms with Gasteiger partial charge >= 0.3 is 0 Å². The highest BCUT2D eigenvalue weighted by atomic mass is 16.1. The van der Waals surface area contributed by atoms with Crippen molar-refractivity contribution in [3.63, 3.8) is 0 Å². The Morgan fingerprint density at radius 3 is 2.56 bits per heavy atom. The van der Waals surface area contributed by atoms with E-state index in [2.05, 4.69) is 12.2 Å². The van der Waals surface area contributed by atoms with Gasteiger partial charge in [-0.05, 0) is 43.9 Å². The lowest BCUT2D eigenvalue weighted by Crippen LogP contribution is -2.39. The highest BCUT2D eigenvalue weighted by Gasteiger charge is 2.26. The number of carbonyl (C=O) groups is 1. The zero-order valence-electron chi connectivity index (χ0n) is 11.7. The number of nitrogens with two attached hydrogens (primary N) is 1. The quantitative estimate of drug-likeness (QED) is 0.810. The van der Waals surface area contributed by atoms with Gasteiger partial charge in [0.05, 0.1) is 0 Å². The van der Waals surface area contributed by atoms with Gasteiger partial charge < -0.3 is 11.1 Å². The molecule has 0 spiro atoms. The summed E-state index contributed by atoms with van der Waals surface area (Å²) in [6, 6.07) is 0.241. The number of hydrogen-bond donors (Lipinski definition) is 2. The molecule has 0 aromatic carbocycles. The number of carbonyl (C=O) groups excluding carboxylic acids is 1. The van der Waals surface area contributed by atoms with Crippen LogP contribution in [0.3, 0.4) is 0 Å². The van der Waals surface area contributed by atoms with Gasteiger partial charge in [0, 0.05) is 18.5 Å². The van der Waals surface area contributed by atoms with E-state index >= 15 is 0 Å².